The first-order valence-corrected chi connectivity index (χ1v) is 7.08. The quantitative estimate of drug-likeness (QED) is 0.658. The Morgan fingerprint density at radius 1 is 1.50 bits per heavy atom. The number of ether oxygens (including phenoxy) is 1. The minimum Gasteiger partial charge on any atom is -0.491 e. The lowest BCUT2D eigenvalue weighted by Gasteiger charge is -2.13. The van der Waals surface area contributed by atoms with E-state index in [1.54, 1.807) is 17.8 Å². The van der Waals surface area contributed by atoms with Gasteiger partial charge in [0.05, 0.1) is 12.3 Å². The van der Waals surface area contributed by atoms with Crippen LogP contribution in [0.1, 0.15) is 12.0 Å². The summed E-state index contributed by atoms with van der Waals surface area (Å²) in [6.07, 6.45) is 2.80. The van der Waals surface area contributed by atoms with Gasteiger partial charge in [-0.25, -0.2) is 4.79 Å². The normalized spacial score (nSPS) is 10.1. The predicted octanol–water partition coefficient (Wildman–Crippen LogP) is 1.77. The number of urea groups is 1. The number of hydrogen-bond acceptors (Lipinski definition) is 4. The maximum atomic E-state index is 10.9. The zero-order valence-electron chi connectivity index (χ0n) is 10.4. The molecule has 0 unspecified atom stereocenters. The number of rotatable bonds is 7. The SMILES string of the molecule is CSCc1ccc(NC(N)=O)c(OCCCN)c1. The molecular formula is C12H19N3O2S. The van der Waals surface area contributed by atoms with Gasteiger partial charge in [-0.05, 0) is 36.9 Å². The number of hydrogen-bond donors (Lipinski definition) is 3. The van der Waals surface area contributed by atoms with Crippen LogP contribution in [0.15, 0.2) is 18.2 Å². The fraction of sp³-hybridized carbons (Fsp3) is 0.417. The maximum Gasteiger partial charge on any atom is 0.316 e. The van der Waals surface area contributed by atoms with Gasteiger partial charge in [0, 0.05) is 5.75 Å². The number of benzene rings is 1. The maximum absolute atomic E-state index is 10.9. The average Bonchev–Trinajstić information content (AvgIpc) is 2.32. The predicted molar refractivity (Wildman–Crippen MR) is 76.0 cm³/mol. The van der Waals surface area contributed by atoms with Crippen LogP contribution in [0.3, 0.4) is 0 Å². The van der Waals surface area contributed by atoms with Gasteiger partial charge in [-0.15, -0.1) is 0 Å². The van der Waals surface area contributed by atoms with E-state index < -0.39 is 6.03 Å². The molecule has 100 valence electrons. The highest BCUT2D eigenvalue weighted by atomic mass is 32.2. The van der Waals surface area contributed by atoms with E-state index >= 15 is 0 Å². The van der Waals surface area contributed by atoms with E-state index in [2.05, 4.69) is 5.32 Å². The fourth-order valence-electron chi connectivity index (χ4n) is 1.44. The van der Waals surface area contributed by atoms with Crippen molar-refractivity contribution in [3.63, 3.8) is 0 Å². The van der Waals surface area contributed by atoms with Crippen LogP contribution >= 0.6 is 11.8 Å². The van der Waals surface area contributed by atoms with Gasteiger partial charge >= 0.3 is 6.03 Å². The number of amides is 2. The molecule has 1 rings (SSSR count). The van der Waals surface area contributed by atoms with Crippen LogP contribution in [-0.4, -0.2) is 25.4 Å². The second-order valence-corrected chi connectivity index (χ2v) is 4.61. The number of anilines is 1. The Balaban J connectivity index is 2.83. The van der Waals surface area contributed by atoms with Gasteiger partial charge in [-0.3, -0.25) is 0 Å². The molecule has 0 bridgehead atoms. The molecule has 5 N–H and O–H groups in total. The summed E-state index contributed by atoms with van der Waals surface area (Å²) in [5.41, 5.74) is 12.3. The van der Waals surface area contributed by atoms with E-state index in [-0.39, 0.29) is 0 Å². The van der Waals surface area contributed by atoms with Crippen LogP contribution in [0, 0.1) is 0 Å². The van der Waals surface area contributed by atoms with Crippen molar-refractivity contribution in [2.75, 3.05) is 24.7 Å². The monoisotopic (exact) mass is 269 g/mol. The summed E-state index contributed by atoms with van der Waals surface area (Å²) in [7, 11) is 0. The molecule has 0 fully saturated rings. The van der Waals surface area contributed by atoms with Gasteiger partial charge in [-0.1, -0.05) is 6.07 Å². The minimum atomic E-state index is -0.601. The van der Waals surface area contributed by atoms with Crippen LogP contribution in [0.25, 0.3) is 0 Å². The van der Waals surface area contributed by atoms with Crippen molar-refractivity contribution in [3.05, 3.63) is 23.8 Å². The highest BCUT2D eigenvalue weighted by Gasteiger charge is 2.07. The molecule has 0 saturated carbocycles. The van der Waals surface area contributed by atoms with E-state index in [1.807, 2.05) is 18.4 Å². The number of carbonyl (C=O) groups is 1. The van der Waals surface area contributed by atoms with Crippen molar-refractivity contribution < 1.29 is 9.53 Å². The third kappa shape index (κ3) is 4.85. The van der Waals surface area contributed by atoms with Crippen LogP contribution in [0.4, 0.5) is 10.5 Å². The largest absolute Gasteiger partial charge is 0.491 e. The molecule has 6 heteroatoms. The summed E-state index contributed by atoms with van der Waals surface area (Å²) in [6, 6.07) is 5.06. The summed E-state index contributed by atoms with van der Waals surface area (Å²) < 4.78 is 5.61. The molecule has 2 amide bonds. The minimum absolute atomic E-state index is 0.520. The topological polar surface area (TPSA) is 90.4 Å². The molecule has 0 aliphatic carbocycles. The highest BCUT2D eigenvalue weighted by Crippen LogP contribution is 2.27. The number of thioether (sulfide) groups is 1. The van der Waals surface area contributed by atoms with E-state index in [9.17, 15) is 4.79 Å². The first-order chi connectivity index (χ1) is 8.67. The molecule has 0 heterocycles. The molecule has 18 heavy (non-hydrogen) atoms. The average molecular weight is 269 g/mol. The lowest BCUT2D eigenvalue weighted by atomic mass is 10.2. The molecule has 0 aromatic heterocycles. The molecule has 0 spiro atoms. The lowest BCUT2D eigenvalue weighted by Crippen LogP contribution is -2.20. The number of nitrogens with one attached hydrogen (secondary N) is 1. The van der Waals surface area contributed by atoms with Crippen molar-refractivity contribution >= 4 is 23.5 Å². The molecule has 0 radical (unpaired) electrons. The van der Waals surface area contributed by atoms with Crippen LogP contribution < -0.4 is 21.5 Å². The Hall–Kier alpha value is -1.40. The van der Waals surface area contributed by atoms with Gasteiger partial charge in [0.25, 0.3) is 0 Å². The van der Waals surface area contributed by atoms with Crippen LogP contribution in [0.2, 0.25) is 0 Å². The highest BCUT2D eigenvalue weighted by molar-refractivity contribution is 7.97. The smallest absolute Gasteiger partial charge is 0.316 e. The summed E-state index contributed by atoms with van der Waals surface area (Å²) in [4.78, 5) is 10.9. The van der Waals surface area contributed by atoms with Crippen molar-refractivity contribution in [2.24, 2.45) is 11.5 Å². The Bertz CT molecular complexity index is 399. The summed E-state index contributed by atoms with van der Waals surface area (Å²) >= 11 is 1.72. The van der Waals surface area contributed by atoms with Gasteiger partial charge in [0.2, 0.25) is 0 Å². The molecule has 5 nitrogen and oxygen atoms in total. The molecular weight excluding hydrogens is 250 g/mol. The second kappa shape index (κ2) is 7.84. The van der Waals surface area contributed by atoms with E-state index in [0.29, 0.717) is 24.6 Å². The Kier molecular flexibility index (Phi) is 6.38. The van der Waals surface area contributed by atoms with Gasteiger partial charge in [0.15, 0.2) is 0 Å². The summed E-state index contributed by atoms with van der Waals surface area (Å²) in [5, 5.41) is 2.55. The number of primary amides is 1. The standard InChI is InChI=1S/C12H19N3O2S/c1-18-8-9-3-4-10(15-12(14)16)11(7-9)17-6-2-5-13/h3-4,7H,2,5-6,8,13H2,1H3,(H3,14,15,16). The molecule has 0 saturated heterocycles. The van der Waals surface area contributed by atoms with Gasteiger partial charge in [0.1, 0.15) is 5.75 Å². The van der Waals surface area contributed by atoms with Crippen LogP contribution in [-0.2, 0) is 5.75 Å². The zero-order chi connectivity index (χ0) is 13.4. The fourth-order valence-corrected chi connectivity index (χ4v) is 1.96. The van der Waals surface area contributed by atoms with E-state index in [4.69, 9.17) is 16.2 Å². The van der Waals surface area contributed by atoms with Crippen molar-refractivity contribution in [3.8, 4) is 5.75 Å². The first-order valence-electron chi connectivity index (χ1n) is 5.68. The third-order valence-electron chi connectivity index (χ3n) is 2.22. The van der Waals surface area contributed by atoms with Crippen molar-refractivity contribution in [1.82, 2.24) is 0 Å². The Morgan fingerprint density at radius 2 is 2.28 bits per heavy atom. The first kappa shape index (κ1) is 14.7. The number of carbonyl (C=O) groups excluding carboxylic acids is 1. The summed E-state index contributed by atoms with van der Waals surface area (Å²) in [6.45, 7) is 1.09. The third-order valence-corrected chi connectivity index (χ3v) is 2.84. The van der Waals surface area contributed by atoms with E-state index in [0.717, 1.165) is 17.7 Å². The van der Waals surface area contributed by atoms with Gasteiger partial charge < -0.3 is 21.5 Å². The lowest BCUT2D eigenvalue weighted by molar-refractivity contribution is 0.259. The van der Waals surface area contributed by atoms with Crippen molar-refractivity contribution in [2.45, 2.75) is 12.2 Å². The van der Waals surface area contributed by atoms with Crippen LogP contribution in [0.5, 0.6) is 5.75 Å². The second-order valence-electron chi connectivity index (χ2n) is 3.74. The van der Waals surface area contributed by atoms with Gasteiger partial charge in [-0.2, -0.15) is 11.8 Å². The molecule has 1 aromatic rings. The molecule has 1 aromatic carbocycles. The summed E-state index contributed by atoms with van der Waals surface area (Å²) in [5.74, 6) is 1.53. The number of nitrogens with two attached hydrogens (primary N) is 2. The molecule has 0 aliphatic rings. The molecule has 0 aliphatic heterocycles. The van der Waals surface area contributed by atoms with Crippen molar-refractivity contribution in [1.29, 1.82) is 0 Å². The zero-order valence-corrected chi connectivity index (χ0v) is 11.3. The Labute approximate surface area is 111 Å². The Morgan fingerprint density at radius 3 is 2.89 bits per heavy atom. The van der Waals surface area contributed by atoms with E-state index in [1.165, 1.54) is 0 Å². The molecule has 0 atom stereocenters.